The van der Waals surface area contributed by atoms with E-state index in [1.807, 2.05) is 6.07 Å². The summed E-state index contributed by atoms with van der Waals surface area (Å²) in [4.78, 5) is 2.25. The number of halogens is 1. The third kappa shape index (κ3) is 3.60. The molecule has 4 heteroatoms. The Kier molecular flexibility index (Phi) is 5.02. The molecule has 0 radical (unpaired) electrons. The Balaban J connectivity index is 1.91. The van der Waals surface area contributed by atoms with Crippen molar-refractivity contribution in [1.29, 1.82) is 0 Å². The summed E-state index contributed by atoms with van der Waals surface area (Å²) in [7, 11) is 1.49. The van der Waals surface area contributed by atoms with Crippen LogP contribution in [0, 0.1) is 11.7 Å². The van der Waals surface area contributed by atoms with Crippen LogP contribution in [0.4, 0.5) is 10.1 Å². The lowest BCUT2D eigenvalue weighted by Crippen LogP contribution is -2.26. The van der Waals surface area contributed by atoms with Crippen molar-refractivity contribution in [2.45, 2.75) is 19.8 Å². The molecule has 1 aromatic rings. The second kappa shape index (κ2) is 6.75. The summed E-state index contributed by atoms with van der Waals surface area (Å²) >= 11 is 0. The minimum absolute atomic E-state index is 0.285. The Morgan fingerprint density at radius 1 is 1.47 bits per heavy atom. The molecule has 0 saturated carbocycles. The number of nitrogens with zero attached hydrogens (tertiary/aromatic N) is 1. The Hall–Kier alpha value is -1.29. The number of rotatable bonds is 6. The Morgan fingerprint density at radius 2 is 2.32 bits per heavy atom. The van der Waals surface area contributed by atoms with Crippen LogP contribution in [0.25, 0.3) is 0 Å². The van der Waals surface area contributed by atoms with Crippen molar-refractivity contribution in [2.24, 2.45) is 5.92 Å². The molecule has 1 saturated heterocycles. The van der Waals surface area contributed by atoms with E-state index in [1.165, 1.54) is 20.0 Å². The smallest absolute Gasteiger partial charge is 0.167 e. The lowest BCUT2D eigenvalue weighted by Gasteiger charge is -2.19. The second-order valence-electron chi connectivity index (χ2n) is 5.12. The largest absolute Gasteiger partial charge is 0.494 e. The van der Waals surface area contributed by atoms with E-state index in [-0.39, 0.29) is 5.82 Å². The summed E-state index contributed by atoms with van der Waals surface area (Å²) in [6.45, 7) is 6.32. The van der Waals surface area contributed by atoms with Crippen LogP contribution in [0.15, 0.2) is 18.2 Å². The van der Waals surface area contributed by atoms with E-state index in [2.05, 4.69) is 17.1 Å². The molecule has 1 atom stereocenters. The van der Waals surface area contributed by atoms with Crippen molar-refractivity contribution >= 4 is 5.69 Å². The molecule has 106 valence electrons. The number of benzene rings is 1. The van der Waals surface area contributed by atoms with E-state index >= 15 is 0 Å². The molecule has 1 N–H and O–H groups in total. The van der Waals surface area contributed by atoms with Gasteiger partial charge in [0.15, 0.2) is 11.6 Å². The minimum atomic E-state index is -0.285. The van der Waals surface area contributed by atoms with Crippen LogP contribution >= 0.6 is 0 Å². The van der Waals surface area contributed by atoms with Gasteiger partial charge in [0, 0.05) is 24.8 Å². The zero-order chi connectivity index (χ0) is 13.7. The monoisotopic (exact) mass is 266 g/mol. The van der Waals surface area contributed by atoms with E-state index in [9.17, 15) is 4.39 Å². The van der Waals surface area contributed by atoms with Gasteiger partial charge in [-0.05, 0) is 44.0 Å². The molecular weight excluding hydrogens is 243 g/mol. The highest BCUT2D eigenvalue weighted by Crippen LogP contribution is 2.27. The molecule has 2 rings (SSSR count). The highest BCUT2D eigenvalue weighted by atomic mass is 19.1. The van der Waals surface area contributed by atoms with E-state index in [4.69, 9.17) is 4.74 Å². The van der Waals surface area contributed by atoms with Crippen molar-refractivity contribution in [2.75, 3.05) is 38.2 Å². The molecule has 1 aromatic carbocycles. The van der Waals surface area contributed by atoms with Crippen molar-refractivity contribution in [3.8, 4) is 5.75 Å². The normalized spacial score (nSPS) is 18.9. The molecule has 19 heavy (non-hydrogen) atoms. The van der Waals surface area contributed by atoms with E-state index in [1.54, 1.807) is 12.1 Å². The van der Waals surface area contributed by atoms with Crippen molar-refractivity contribution in [3.63, 3.8) is 0 Å². The summed E-state index contributed by atoms with van der Waals surface area (Å²) in [6.07, 6.45) is 2.34. The fourth-order valence-electron chi connectivity index (χ4n) is 2.57. The summed E-state index contributed by atoms with van der Waals surface area (Å²) in [5.74, 6) is 0.688. The van der Waals surface area contributed by atoms with Gasteiger partial charge in [0.1, 0.15) is 0 Å². The minimum Gasteiger partial charge on any atom is -0.494 e. The van der Waals surface area contributed by atoms with Crippen LogP contribution in [0.5, 0.6) is 5.75 Å². The molecule has 0 aromatic heterocycles. The fraction of sp³-hybridized carbons (Fsp3) is 0.600. The summed E-state index contributed by atoms with van der Waals surface area (Å²) in [6, 6.07) is 5.21. The van der Waals surface area contributed by atoms with Crippen molar-refractivity contribution in [1.82, 2.24) is 5.32 Å². The molecule has 1 aliphatic heterocycles. The molecule has 0 amide bonds. The number of hydrogen-bond donors (Lipinski definition) is 1. The van der Waals surface area contributed by atoms with Crippen LogP contribution in [-0.2, 0) is 0 Å². The average Bonchev–Trinajstić information content (AvgIpc) is 2.88. The molecule has 0 spiro atoms. The molecule has 1 unspecified atom stereocenters. The van der Waals surface area contributed by atoms with E-state index in [0.29, 0.717) is 11.7 Å². The van der Waals surface area contributed by atoms with Crippen molar-refractivity contribution in [3.05, 3.63) is 24.0 Å². The first kappa shape index (κ1) is 14.1. The van der Waals surface area contributed by atoms with Crippen LogP contribution < -0.4 is 15.0 Å². The van der Waals surface area contributed by atoms with Gasteiger partial charge in [-0.3, -0.25) is 0 Å². The van der Waals surface area contributed by atoms with Gasteiger partial charge in [0.25, 0.3) is 0 Å². The highest BCUT2D eigenvalue weighted by molar-refractivity contribution is 5.50. The molecule has 1 heterocycles. The maximum absolute atomic E-state index is 13.7. The predicted molar refractivity (Wildman–Crippen MR) is 76.4 cm³/mol. The number of anilines is 1. The van der Waals surface area contributed by atoms with E-state index in [0.717, 1.165) is 31.9 Å². The van der Waals surface area contributed by atoms with Crippen LogP contribution in [0.1, 0.15) is 19.8 Å². The molecule has 0 aliphatic carbocycles. The Morgan fingerprint density at radius 3 is 3.00 bits per heavy atom. The number of hydrogen-bond acceptors (Lipinski definition) is 3. The van der Waals surface area contributed by atoms with Gasteiger partial charge in [-0.2, -0.15) is 0 Å². The fourth-order valence-corrected chi connectivity index (χ4v) is 2.57. The van der Waals surface area contributed by atoms with Gasteiger partial charge < -0.3 is 15.0 Å². The third-order valence-electron chi connectivity index (χ3n) is 3.65. The van der Waals surface area contributed by atoms with Gasteiger partial charge in [-0.1, -0.05) is 6.92 Å². The average molecular weight is 266 g/mol. The number of ether oxygens (including phenoxy) is 1. The van der Waals surface area contributed by atoms with Crippen LogP contribution in [0.3, 0.4) is 0 Å². The first-order chi connectivity index (χ1) is 9.24. The zero-order valence-corrected chi connectivity index (χ0v) is 11.8. The lowest BCUT2D eigenvalue weighted by molar-refractivity contribution is 0.386. The topological polar surface area (TPSA) is 24.5 Å². The number of nitrogens with one attached hydrogen (secondary N) is 1. The van der Waals surface area contributed by atoms with Crippen LogP contribution in [-0.4, -0.2) is 33.3 Å². The molecule has 1 fully saturated rings. The predicted octanol–water partition coefficient (Wildman–Crippen LogP) is 2.66. The molecule has 3 nitrogen and oxygen atoms in total. The molecule has 0 bridgehead atoms. The Bertz CT molecular complexity index is 411. The Labute approximate surface area is 114 Å². The maximum atomic E-state index is 13.7. The highest BCUT2D eigenvalue weighted by Gasteiger charge is 2.22. The molecule has 1 aliphatic rings. The lowest BCUT2D eigenvalue weighted by atomic mass is 10.1. The summed E-state index contributed by atoms with van der Waals surface area (Å²) in [5, 5.41) is 3.46. The number of methoxy groups -OCH3 is 1. The SMILES string of the molecule is CCCNCC1CCN(c2ccc(OC)c(F)c2)C1. The second-order valence-corrected chi connectivity index (χ2v) is 5.12. The zero-order valence-electron chi connectivity index (χ0n) is 11.8. The van der Waals surface area contributed by atoms with Crippen molar-refractivity contribution < 1.29 is 9.13 Å². The van der Waals surface area contributed by atoms with Crippen LogP contribution in [0.2, 0.25) is 0 Å². The standard InChI is InChI=1S/C15H23FN2O/c1-3-7-17-10-12-6-8-18(11-12)13-4-5-15(19-2)14(16)9-13/h4-5,9,12,17H,3,6-8,10-11H2,1-2H3. The summed E-state index contributed by atoms with van der Waals surface area (Å²) < 4.78 is 18.6. The first-order valence-corrected chi connectivity index (χ1v) is 7.03. The third-order valence-corrected chi connectivity index (χ3v) is 3.65. The quantitative estimate of drug-likeness (QED) is 0.801. The maximum Gasteiger partial charge on any atom is 0.167 e. The van der Waals surface area contributed by atoms with Gasteiger partial charge in [-0.25, -0.2) is 4.39 Å². The van der Waals surface area contributed by atoms with Gasteiger partial charge in [0.2, 0.25) is 0 Å². The van der Waals surface area contributed by atoms with E-state index < -0.39 is 0 Å². The first-order valence-electron chi connectivity index (χ1n) is 7.03. The van der Waals surface area contributed by atoms with Gasteiger partial charge >= 0.3 is 0 Å². The van der Waals surface area contributed by atoms with Gasteiger partial charge in [0.05, 0.1) is 7.11 Å². The van der Waals surface area contributed by atoms with Gasteiger partial charge in [-0.15, -0.1) is 0 Å². The molecular formula is C15H23FN2O. The summed E-state index contributed by atoms with van der Waals surface area (Å²) in [5.41, 5.74) is 0.955.